The smallest absolute Gasteiger partial charge is 0.248 e. The van der Waals surface area contributed by atoms with Crippen LogP contribution in [0.15, 0.2) is 48.5 Å². The van der Waals surface area contributed by atoms with Crippen molar-refractivity contribution >= 4 is 11.8 Å². The fourth-order valence-corrected chi connectivity index (χ4v) is 3.76. The third kappa shape index (κ3) is 5.21. The SMILES string of the molecule is CCN1CCN(C(=O)COC)CC(Cc2cccc(-c3ccc(F)cc3)c2)C1=O. The molecule has 1 fully saturated rings. The van der Waals surface area contributed by atoms with Crippen LogP contribution in [0.1, 0.15) is 12.5 Å². The zero-order valence-electron chi connectivity index (χ0n) is 16.9. The van der Waals surface area contributed by atoms with E-state index in [1.54, 1.807) is 17.0 Å². The lowest BCUT2D eigenvalue weighted by atomic mass is 9.94. The minimum Gasteiger partial charge on any atom is -0.375 e. The molecule has 1 heterocycles. The summed E-state index contributed by atoms with van der Waals surface area (Å²) in [6.45, 7) is 4.05. The molecule has 0 saturated carbocycles. The maximum Gasteiger partial charge on any atom is 0.248 e. The molecule has 0 spiro atoms. The van der Waals surface area contributed by atoms with E-state index in [4.69, 9.17) is 4.74 Å². The van der Waals surface area contributed by atoms with Crippen LogP contribution < -0.4 is 0 Å². The van der Waals surface area contributed by atoms with Crippen LogP contribution in [-0.2, 0) is 20.7 Å². The fourth-order valence-electron chi connectivity index (χ4n) is 3.76. The van der Waals surface area contributed by atoms with Gasteiger partial charge in [-0.1, -0.05) is 36.4 Å². The van der Waals surface area contributed by atoms with Crippen LogP contribution in [0.4, 0.5) is 4.39 Å². The topological polar surface area (TPSA) is 49.9 Å². The lowest BCUT2D eigenvalue weighted by Gasteiger charge is -2.23. The Morgan fingerprint density at radius 1 is 1.14 bits per heavy atom. The van der Waals surface area contributed by atoms with Gasteiger partial charge in [0.25, 0.3) is 0 Å². The molecule has 0 N–H and O–H groups in total. The van der Waals surface area contributed by atoms with Gasteiger partial charge in [-0.15, -0.1) is 0 Å². The summed E-state index contributed by atoms with van der Waals surface area (Å²) in [4.78, 5) is 28.9. The molecule has 6 heteroatoms. The first-order chi connectivity index (χ1) is 14.0. The van der Waals surface area contributed by atoms with Crippen molar-refractivity contribution in [1.82, 2.24) is 9.80 Å². The summed E-state index contributed by atoms with van der Waals surface area (Å²) in [7, 11) is 1.50. The molecule has 1 saturated heterocycles. The number of carbonyl (C=O) groups excluding carboxylic acids is 2. The summed E-state index contributed by atoms with van der Waals surface area (Å²) < 4.78 is 18.2. The van der Waals surface area contributed by atoms with Crippen LogP contribution in [0.5, 0.6) is 0 Å². The zero-order valence-corrected chi connectivity index (χ0v) is 16.9. The highest BCUT2D eigenvalue weighted by Gasteiger charge is 2.31. The van der Waals surface area contributed by atoms with E-state index in [0.29, 0.717) is 32.6 Å². The Kier molecular flexibility index (Phi) is 6.99. The number of hydrogen-bond donors (Lipinski definition) is 0. The summed E-state index contributed by atoms with van der Waals surface area (Å²) in [5.41, 5.74) is 2.91. The summed E-state index contributed by atoms with van der Waals surface area (Å²) in [6.07, 6.45) is 0.543. The number of methoxy groups -OCH3 is 1. The quantitative estimate of drug-likeness (QED) is 0.752. The monoisotopic (exact) mass is 398 g/mol. The second kappa shape index (κ2) is 9.65. The van der Waals surface area contributed by atoms with Crippen molar-refractivity contribution in [2.45, 2.75) is 13.3 Å². The Hall–Kier alpha value is -2.73. The second-order valence-electron chi connectivity index (χ2n) is 7.30. The van der Waals surface area contributed by atoms with E-state index in [1.165, 1.54) is 19.2 Å². The molecular weight excluding hydrogens is 371 g/mol. The van der Waals surface area contributed by atoms with E-state index in [9.17, 15) is 14.0 Å². The highest BCUT2D eigenvalue weighted by Crippen LogP contribution is 2.23. The van der Waals surface area contributed by atoms with Gasteiger partial charge in [0, 0.05) is 33.3 Å². The van der Waals surface area contributed by atoms with Gasteiger partial charge in [-0.05, 0) is 42.2 Å². The zero-order chi connectivity index (χ0) is 20.8. The van der Waals surface area contributed by atoms with Crippen molar-refractivity contribution in [2.75, 3.05) is 39.9 Å². The number of benzene rings is 2. The normalized spacial score (nSPS) is 17.3. The number of nitrogens with zero attached hydrogens (tertiary/aromatic N) is 2. The summed E-state index contributed by atoms with van der Waals surface area (Å²) in [6, 6.07) is 14.3. The standard InChI is InChI=1S/C23H27FN2O3/c1-3-25-11-12-26(22(27)16-29-2)15-20(23(25)28)14-17-5-4-6-19(13-17)18-7-9-21(24)10-8-18/h4-10,13,20H,3,11-12,14-16H2,1-2H3. The minimum atomic E-state index is -0.304. The highest BCUT2D eigenvalue weighted by molar-refractivity contribution is 5.82. The molecule has 1 unspecified atom stereocenters. The van der Waals surface area contributed by atoms with E-state index in [0.717, 1.165) is 16.7 Å². The summed E-state index contributed by atoms with van der Waals surface area (Å²) in [5.74, 6) is -0.591. The molecule has 1 aliphatic heterocycles. The van der Waals surface area contributed by atoms with Gasteiger partial charge in [0.15, 0.2) is 0 Å². The molecule has 0 bridgehead atoms. The Morgan fingerprint density at radius 3 is 2.59 bits per heavy atom. The van der Waals surface area contributed by atoms with Crippen molar-refractivity contribution in [2.24, 2.45) is 5.92 Å². The van der Waals surface area contributed by atoms with Crippen LogP contribution in [0.25, 0.3) is 11.1 Å². The lowest BCUT2D eigenvalue weighted by Crippen LogP contribution is -2.39. The predicted molar refractivity (Wildman–Crippen MR) is 110 cm³/mol. The van der Waals surface area contributed by atoms with Gasteiger partial charge >= 0.3 is 0 Å². The van der Waals surface area contributed by atoms with Gasteiger partial charge < -0.3 is 14.5 Å². The Labute approximate surface area is 171 Å². The number of likely N-dealkylation sites (N-methyl/N-ethyl adjacent to an activating group) is 1. The van der Waals surface area contributed by atoms with Crippen LogP contribution >= 0.6 is 0 Å². The molecule has 29 heavy (non-hydrogen) atoms. The van der Waals surface area contributed by atoms with E-state index >= 15 is 0 Å². The molecule has 2 aromatic carbocycles. The van der Waals surface area contributed by atoms with Gasteiger partial charge in [0.05, 0.1) is 5.92 Å². The first kappa shape index (κ1) is 21.0. The second-order valence-corrected chi connectivity index (χ2v) is 7.30. The van der Waals surface area contributed by atoms with Gasteiger partial charge in [-0.3, -0.25) is 9.59 Å². The highest BCUT2D eigenvalue weighted by atomic mass is 19.1. The molecule has 2 amide bonds. The maximum atomic E-state index is 13.2. The molecule has 0 radical (unpaired) electrons. The number of rotatable bonds is 6. The lowest BCUT2D eigenvalue weighted by molar-refractivity contribution is -0.136. The number of carbonyl (C=O) groups is 2. The average Bonchev–Trinajstić information content (AvgIpc) is 2.88. The van der Waals surface area contributed by atoms with Crippen LogP contribution in [0.2, 0.25) is 0 Å². The van der Waals surface area contributed by atoms with E-state index in [-0.39, 0.29) is 30.2 Å². The first-order valence-corrected chi connectivity index (χ1v) is 9.92. The Bertz CT molecular complexity index is 853. The van der Waals surface area contributed by atoms with E-state index in [1.807, 2.05) is 36.1 Å². The van der Waals surface area contributed by atoms with Gasteiger partial charge in [0.1, 0.15) is 12.4 Å². The molecular formula is C23H27FN2O3. The fraction of sp³-hybridized carbons (Fsp3) is 0.391. The van der Waals surface area contributed by atoms with Crippen molar-refractivity contribution in [3.63, 3.8) is 0 Å². The first-order valence-electron chi connectivity index (χ1n) is 9.92. The largest absolute Gasteiger partial charge is 0.375 e. The summed E-state index contributed by atoms with van der Waals surface area (Å²) in [5, 5.41) is 0. The average molecular weight is 398 g/mol. The maximum absolute atomic E-state index is 13.2. The molecule has 1 atom stereocenters. The van der Waals surface area contributed by atoms with Crippen molar-refractivity contribution in [3.05, 3.63) is 59.9 Å². The Balaban J connectivity index is 1.81. The third-order valence-electron chi connectivity index (χ3n) is 5.33. The predicted octanol–water partition coefficient (Wildman–Crippen LogP) is 2.99. The third-order valence-corrected chi connectivity index (χ3v) is 5.33. The Morgan fingerprint density at radius 2 is 1.90 bits per heavy atom. The summed E-state index contributed by atoms with van der Waals surface area (Å²) >= 11 is 0. The van der Waals surface area contributed by atoms with E-state index < -0.39 is 0 Å². The van der Waals surface area contributed by atoms with Crippen molar-refractivity contribution in [1.29, 1.82) is 0 Å². The van der Waals surface area contributed by atoms with Crippen LogP contribution in [-0.4, -0.2) is 61.5 Å². The van der Waals surface area contributed by atoms with E-state index in [2.05, 4.69) is 0 Å². The number of hydrogen-bond acceptors (Lipinski definition) is 3. The number of ether oxygens (including phenoxy) is 1. The molecule has 5 nitrogen and oxygen atoms in total. The van der Waals surface area contributed by atoms with Crippen molar-refractivity contribution in [3.8, 4) is 11.1 Å². The molecule has 1 aliphatic rings. The molecule has 3 rings (SSSR count). The van der Waals surface area contributed by atoms with Gasteiger partial charge in [0.2, 0.25) is 11.8 Å². The van der Waals surface area contributed by atoms with Crippen molar-refractivity contribution < 1.29 is 18.7 Å². The molecule has 0 aliphatic carbocycles. The van der Waals surface area contributed by atoms with Crippen LogP contribution in [0.3, 0.4) is 0 Å². The number of amides is 2. The van der Waals surface area contributed by atoms with Gasteiger partial charge in [-0.2, -0.15) is 0 Å². The minimum absolute atomic E-state index is 0.0209. The molecule has 0 aromatic heterocycles. The van der Waals surface area contributed by atoms with Gasteiger partial charge in [-0.25, -0.2) is 4.39 Å². The van der Waals surface area contributed by atoms with Crippen LogP contribution in [0, 0.1) is 11.7 Å². The molecule has 2 aromatic rings. The molecule has 154 valence electrons. The number of halogens is 1.